The number of nitriles is 1. The summed E-state index contributed by atoms with van der Waals surface area (Å²) in [6.07, 6.45) is 2.51. The first kappa shape index (κ1) is 15.7. The second-order valence-corrected chi connectivity index (χ2v) is 4.36. The fraction of sp³-hybridized carbons (Fsp3) is 0.0714. The molecule has 0 aliphatic carbocycles. The van der Waals surface area contributed by atoms with Gasteiger partial charge in [0.25, 0.3) is 5.91 Å². The van der Waals surface area contributed by atoms with Crippen molar-refractivity contribution >= 4 is 29.1 Å². The first-order valence-electron chi connectivity index (χ1n) is 6.49. The molecule has 4 N–H and O–H groups in total. The molecule has 0 spiro atoms. The quantitative estimate of drug-likeness (QED) is 0.484. The second kappa shape index (κ2) is 7.37. The van der Waals surface area contributed by atoms with Crippen molar-refractivity contribution in [3.63, 3.8) is 0 Å². The van der Waals surface area contributed by atoms with E-state index in [0.29, 0.717) is 17.3 Å². The van der Waals surface area contributed by atoms with E-state index >= 15 is 0 Å². The molecule has 0 aliphatic rings. The van der Waals surface area contributed by atoms with E-state index in [-0.39, 0.29) is 11.5 Å². The molecule has 0 saturated carbocycles. The van der Waals surface area contributed by atoms with Crippen LogP contribution in [0.15, 0.2) is 42.4 Å². The minimum Gasteiger partial charge on any atom is -0.330 e. The smallest absolute Gasteiger partial charge is 0.267 e. The third-order valence-corrected chi connectivity index (χ3v) is 2.60. The van der Waals surface area contributed by atoms with Crippen molar-refractivity contribution in [2.24, 2.45) is 0 Å². The predicted octanol–water partition coefficient (Wildman–Crippen LogP) is 1.22. The Kier molecular flexibility index (Phi) is 5.04. The van der Waals surface area contributed by atoms with Crippen molar-refractivity contribution in [1.82, 2.24) is 15.2 Å². The molecule has 0 atom stereocenters. The van der Waals surface area contributed by atoms with Crippen LogP contribution in [0.3, 0.4) is 0 Å². The predicted molar refractivity (Wildman–Crippen MR) is 83.1 cm³/mol. The molecule has 1 aromatic heterocycles. The van der Waals surface area contributed by atoms with Crippen LogP contribution in [-0.4, -0.2) is 27.0 Å². The number of carbonyl (C=O) groups is 2. The number of benzene rings is 1. The van der Waals surface area contributed by atoms with E-state index in [1.807, 2.05) is 0 Å². The summed E-state index contributed by atoms with van der Waals surface area (Å²) in [6, 6.07) is 8.29. The van der Waals surface area contributed by atoms with Crippen LogP contribution in [0.1, 0.15) is 6.92 Å². The van der Waals surface area contributed by atoms with E-state index in [1.54, 1.807) is 30.3 Å². The number of nitrogens with one attached hydrogen (secondary N) is 4. The lowest BCUT2D eigenvalue weighted by molar-refractivity contribution is -0.114. The van der Waals surface area contributed by atoms with Crippen molar-refractivity contribution < 1.29 is 9.59 Å². The number of carbonyl (C=O) groups excluding carboxylic acids is 2. The Morgan fingerprint density at radius 1 is 1.22 bits per heavy atom. The first-order chi connectivity index (χ1) is 11.1. The van der Waals surface area contributed by atoms with Gasteiger partial charge in [-0.25, -0.2) is 5.10 Å². The van der Waals surface area contributed by atoms with Gasteiger partial charge in [-0.1, -0.05) is 0 Å². The van der Waals surface area contributed by atoms with Crippen molar-refractivity contribution in [3.05, 3.63) is 42.4 Å². The third-order valence-electron chi connectivity index (χ3n) is 2.60. The molecular weight excluding hydrogens is 298 g/mol. The van der Waals surface area contributed by atoms with Crippen LogP contribution in [0.25, 0.3) is 0 Å². The van der Waals surface area contributed by atoms with E-state index in [2.05, 4.69) is 31.1 Å². The number of hydrogen-bond acceptors (Lipinski definition) is 6. The van der Waals surface area contributed by atoms with Crippen molar-refractivity contribution in [2.75, 3.05) is 16.0 Å². The van der Waals surface area contributed by atoms with Gasteiger partial charge in [0.1, 0.15) is 18.0 Å². The van der Waals surface area contributed by atoms with Crippen molar-refractivity contribution in [2.45, 2.75) is 6.92 Å². The number of H-pyrrole nitrogens is 1. The standard InChI is InChI=1S/C14H13N7O2/c1-9(22)19-11-2-4-12(5-3-11)20-13(23)10(6-15)7-16-14-17-8-18-21-14/h2-5,7-8H,1H3,(H,19,22)(H,20,23)(H2,16,17,18,21)/b10-7-. The summed E-state index contributed by atoms with van der Waals surface area (Å²) >= 11 is 0. The average molecular weight is 311 g/mol. The molecule has 2 amide bonds. The molecule has 0 aliphatic heterocycles. The first-order valence-corrected chi connectivity index (χ1v) is 6.49. The Hall–Kier alpha value is -3.67. The summed E-state index contributed by atoms with van der Waals surface area (Å²) in [5.41, 5.74) is 0.968. The normalized spacial score (nSPS) is 10.5. The van der Waals surface area contributed by atoms with Crippen LogP contribution in [-0.2, 0) is 9.59 Å². The van der Waals surface area contributed by atoms with Gasteiger partial charge in [0, 0.05) is 24.5 Å². The van der Waals surface area contributed by atoms with Crippen LogP contribution >= 0.6 is 0 Å². The maximum absolute atomic E-state index is 12.0. The number of aromatic amines is 1. The average Bonchev–Trinajstić information content (AvgIpc) is 3.03. The maximum Gasteiger partial charge on any atom is 0.267 e. The summed E-state index contributed by atoms with van der Waals surface area (Å²) in [6.45, 7) is 1.40. The largest absolute Gasteiger partial charge is 0.330 e. The molecule has 9 nitrogen and oxygen atoms in total. The minimum absolute atomic E-state index is 0.132. The summed E-state index contributed by atoms with van der Waals surface area (Å²) in [4.78, 5) is 26.7. The zero-order chi connectivity index (χ0) is 16.7. The lowest BCUT2D eigenvalue weighted by Gasteiger charge is -2.06. The number of amides is 2. The van der Waals surface area contributed by atoms with Crippen LogP contribution in [0.2, 0.25) is 0 Å². The van der Waals surface area contributed by atoms with E-state index in [4.69, 9.17) is 5.26 Å². The van der Waals surface area contributed by atoms with Gasteiger partial charge in [-0.2, -0.15) is 15.3 Å². The van der Waals surface area contributed by atoms with E-state index < -0.39 is 5.91 Å². The monoisotopic (exact) mass is 311 g/mol. The molecule has 2 rings (SSSR count). The minimum atomic E-state index is -0.577. The van der Waals surface area contributed by atoms with Crippen molar-refractivity contribution in [1.29, 1.82) is 5.26 Å². The molecule has 0 unspecified atom stereocenters. The zero-order valence-corrected chi connectivity index (χ0v) is 12.1. The number of anilines is 3. The summed E-state index contributed by atoms with van der Waals surface area (Å²) in [5.74, 6) is -0.452. The van der Waals surface area contributed by atoms with Gasteiger partial charge in [0.05, 0.1) is 0 Å². The molecule has 116 valence electrons. The third kappa shape index (κ3) is 4.68. The summed E-state index contributed by atoms with van der Waals surface area (Å²) in [5, 5.41) is 23.0. The summed E-state index contributed by atoms with van der Waals surface area (Å²) in [7, 11) is 0. The second-order valence-electron chi connectivity index (χ2n) is 4.36. The fourth-order valence-electron chi connectivity index (χ4n) is 1.60. The van der Waals surface area contributed by atoms with E-state index in [9.17, 15) is 9.59 Å². The van der Waals surface area contributed by atoms with E-state index in [1.165, 1.54) is 19.5 Å². The van der Waals surface area contributed by atoms with Crippen molar-refractivity contribution in [3.8, 4) is 6.07 Å². The maximum atomic E-state index is 12.0. The molecule has 9 heteroatoms. The summed E-state index contributed by atoms with van der Waals surface area (Å²) < 4.78 is 0. The Bertz CT molecular complexity index is 757. The van der Waals surface area contributed by atoms with Gasteiger partial charge in [-0.05, 0) is 24.3 Å². The van der Waals surface area contributed by atoms with Gasteiger partial charge < -0.3 is 16.0 Å². The Labute approximate surface area is 131 Å². The lowest BCUT2D eigenvalue weighted by atomic mass is 10.2. The molecule has 0 saturated heterocycles. The van der Waals surface area contributed by atoms with E-state index in [0.717, 1.165) is 0 Å². The van der Waals surface area contributed by atoms with Crippen LogP contribution in [0.4, 0.5) is 17.3 Å². The lowest BCUT2D eigenvalue weighted by Crippen LogP contribution is -2.14. The van der Waals surface area contributed by atoms with Gasteiger partial charge in [0.15, 0.2) is 0 Å². The van der Waals surface area contributed by atoms with Gasteiger partial charge in [-0.3, -0.25) is 9.59 Å². The molecular formula is C14H13N7O2. The Balaban J connectivity index is 2.00. The zero-order valence-electron chi connectivity index (χ0n) is 12.1. The SMILES string of the molecule is CC(=O)Nc1ccc(NC(=O)/C(C#N)=C\Nc2ncn[nH]2)cc1. The molecule has 0 bridgehead atoms. The molecule has 1 aromatic carbocycles. The van der Waals surface area contributed by atoms with Crippen LogP contribution in [0, 0.1) is 11.3 Å². The molecule has 2 aromatic rings. The molecule has 23 heavy (non-hydrogen) atoms. The topological polar surface area (TPSA) is 136 Å². The molecule has 1 heterocycles. The Morgan fingerprint density at radius 3 is 2.39 bits per heavy atom. The number of hydrogen-bond donors (Lipinski definition) is 4. The van der Waals surface area contributed by atoms with Crippen LogP contribution in [0.5, 0.6) is 0 Å². The van der Waals surface area contributed by atoms with Crippen LogP contribution < -0.4 is 16.0 Å². The highest BCUT2D eigenvalue weighted by Crippen LogP contribution is 2.14. The van der Waals surface area contributed by atoms with Gasteiger partial charge in [0.2, 0.25) is 11.9 Å². The fourth-order valence-corrected chi connectivity index (χ4v) is 1.60. The highest BCUT2D eigenvalue weighted by molar-refractivity contribution is 6.06. The molecule has 0 fully saturated rings. The highest BCUT2D eigenvalue weighted by atomic mass is 16.2. The number of aromatic nitrogens is 3. The number of nitrogens with zero attached hydrogens (tertiary/aromatic N) is 3. The van der Waals surface area contributed by atoms with Gasteiger partial charge in [-0.15, -0.1) is 0 Å². The highest BCUT2D eigenvalue weighted by Gasteiger charge is 2.09. The number of rotatable bonds is 5. The van der Waals surface area contributed by atoms with Gasteiger partial charge >= 0.3 is 0 Å². The molecule has 0 radical (unpaired) electrons. The Morgan fingerprint density at radius 2 is 1.87 bits per heavy atom.